The Labute approximate surface area is 127 Å². The van der Waals surface area contributed by atoms with Crippen molar-refractivity contribution in [3.63, 3.8) is 0 Å². The highest BCUT2D eigenvalue weighted by Crippen LogP contribution is 2.42. The van der Waals surface area contributed by atoms with Crippen molar-refractivity contribution in [3.8, 4) is 0 Å². The monoisotopic (exact) mass is 289 g/mol. The number of carbonyl (C=O) groups excluding carboxylic acids is 1. The summed E-state index contributed by atoms with van der Waals surface area (Å²) < 4.78 is 0. The fourth-order valence-electron chi connectivity index (χ4n) is 4.04. The SMILES string of the molecule is CC(C)c1cc(NC(=O)C2CCC3CCCCC3C2)n[nH]1. The summed E-state index contributed by atoms with van der Waals surface area (Å²) in [6.45, 7) is 4.23. The number of fused-ring (bicyclic) bond motifs is 1. The number of nitrogens with zero attached hydrogens (tertiary/aromatic N) is 1. The molecule has 4 nitrogen and oxygen atoms in total. The lowest BCUT2D eigenvalue weighted by Crippen LogP contribution is -2.33. The third kappa shape index (κ3) is 3.30. The molecule has 0 saturated heterocycles. The molecule has 4 heteroatoms. The van der Waals surface area contributed by atoms with E-state index in [2.05, 4.69) is 29.4 Å². The van der Waals surface area contributed by atoms with Gasteiger partial charge in [-0.3, -0.25) is 9.89 Å². The van der Waals surface area contributed by atoms with E-state index < -0.39 is 0 Å². The average molecular weight is 289 g/mol. The Kier molecular flexibility index (Phi) is 4.32. The smallest absolute Gasteiger partial charge is 0.228 e. The predicted molar refractivity (Wildman–Crippen MR) is 84.1 cm³/mol. The molecular formula is C17H27N3O. The number of amides is 1. The molecule has 0 radical (unpaired) electrons. The number of carbonyl (C=O) groups is 1. The Balaban J connectivity index is 1.57. The topological polar surface area (TPSA) is 57.8 Å². The Hall–Kier alpha value is -1.32. The molecule has 1 heterocycles. The molecule has 3 rings (SSSR count). The lowest BCUT2D eigenvalue weighted by Gasteiger charge is -2.38. The molecule has 2 saturated carbocycles. The van der Waals surface area contributed by atoms with E-state index in [9.17, 15) is 4.79 Å². The molecular weight excluding hydrogens is 262 g/mol. The Morgan fingerprint density at radius 3 is 2.71 bits per heavy atom. The van der Waals surface area contributed by atoms with Crippen molar-refractivity contribution >= 4 is 11.7 Å². The molecule has 2 aliphatic rings. The van der Waals surface area contributed by atoms with Crippen LogP contribution >= 0.6 is 0 Å². The van der Waals surface area contributed by atoms with E-state index in [0.717, 1.165) is 30.4 Å². The summed E-state index contributed by atoms with van der Waals surface area (Å²) >= 11 is 0. The van der Waals surface area contributed by atoms with Gasteiger partial charge in [0.1, 0.15) is 0 Å². The van der Waals surface area contributed by atoms with Crippen LogP contribution in [-0.2, 0) is 4.79 Å². The summed E-state index contributed by atoms with van der Waals surface area (Å²) in [4.78, 5) is 12.5. The largest absolute Gasteiger partial charge is 0.309 e. The molecule has 1 aromatic rings. The van der Waals surface area contributed by atoms with Crippen molar-refractivity contribution in [2.45, 2.75) is 64.7 Å². The Morgan fingerprint density at radius 2 is 2.00 bits per heavy atom. The van der Waals surface area contributed by atoms with Crippen LogP contribution in [0.4, 0.5) is 5.82 Å². The maximum Gasteiger partial charge on any atom is 0.228 e. The van der Waals surface area contributed by atoms with Crippen LogP contribution in [0.1, 0.15) is 70.4 Å². The number of hydrogen-bond acceptors (Lipinski definition) is 2. The number of anilines is 1. The van der Waals surface area contributed by atoms with E-state index >= 15 is 0 Å². The van der Waals surface area contributed by atoms with E-state index in [4.69, 9.17) is 0 Å². The second-order valence-electron chi connectivity index (χ2n) is 7.17. The summed E-state index contributed by atoms with van der Waals surface area (Å²) in [5.74, 6) is 3.11. The molecule has 0 spiro atoms. The zero-order valence-corrected chi connectivity index (χ0v) is 13.2. The average Bonchev–Trinajstić information content (AvgIpc) is 2.95. The quantitative estimate of drug-likeness (QED) is 0.881. The molecule has 2 aliphatic carbocycles. The van der Waals surface area contributed by atoms with Crippen LogP contribution in [0.15, 0.2) is 6.07 Å². The van der Waals surface area contributed by atoms with E-state index in [1.165, 1.54) is 32.1 Å². The van der Waals surface area contributed by atoms with Gasteiger partial charge in [-0.05, 0) is 37.0 Å². The van der Waals surface area contributed by atoms with E-state index in [1.807, 2.05) is 6.07 Å². The number of nitrogens with one attached hydrogen (secondary N) is 2. The van der Waals surface area contributed by atoms with Crippen LogP contribution in [0.2, 0.25) is 0 Å². The number of rotatable bonds is 3. The van der Waals surface area contributed by atoms with Gasteiger partial charge in [-0.25, -0.2) is 0 Å². The lowest BCUT2D eigenvalue weighted by molar-refractivity contribution is -0.122. The van der Waals surface area contributed by atoms with Crippen molar-refractivity contribution in [2.24, 2.45) is 17.8 Å². The molecule has 1 amide bonds. The zero-order chi connectivity index (χ0) is 14.8. The van der Waals surface area contributed by atoms with Crippen molar-refractivity contribution in [2.75, 3.05) is 5.32 Å². The molecule has 21 heavy (non-hydrogen) atoms. The summed E-state index contributed by atoms with van der Waals surface area (Å²) in [5.41, 5.74) is 1.07. The van der Waals surface area contributed by atoms with Gasteiger partial charge < -0.3 is 5.32 Å². The van der Waals surface area contributed by atoms with Gasteiger partial charge in [0, 0.05) is 17.7 Å². The van der Waals surface area contributed by atoms with Crippen LogP contribution in [0.3, 0.4) is 0 Å². The minimum absolute atomic E-state index is 0.167. The molecule has 0 bridgehead atoms. The van der Waals surface area contributed by atoms with Gasteiger partial charge in [-0.15, -0.1) is 0 Å². The van der Waals surface area contributed by atoms with Gasteiger partial charge in [0.15, 0.2) is 5.82 Å². The maximum absolute atomic E-state index is 12.5. The van der Waals surface area contributed by atoms with Crippen LogP contribution in [0.25, 0.3) is 0 Å². The highest BCUT2D eigenvalue weighted by molar-refractivity contribution is 5.91. The standard InChI is InChI=1S/C17H27N3O/c1-11(2)15-10-16(20-19-15)18-17(21)14-8-7-12-5-3-4-6-13(12)9-14/h10-14H,3-9H2,1-2H3,(H2,18,19,20,21). The van der Waals surface area contributed by atoms with Crippen LogP contribution in [0, 0.1) is 17.8 Å². The number of H-pyrrole nitrogens is 1. The first-order valence-corrected chi connectivity index (χ1v) is 8.49. The normalized spacial score (nSPS) is 29.2. The fourth-order valence-corrected chi connectivity index (χ4v) is 4.04. The van der Waals surface area contributed by atoms with E-state index in [1.54, 1.807) is 0 Å². The molecule has 1 aromatic heterocycles. The van der Waals surface area contributed by atoms with Crippen LogP contribution in [0.5, 0.6) is 0 Å². The fraction of sp³-hybridized carbons (Fsp3) is 0.765. The number of aromatic nitrogens is 2. The second-order valence-corrected chi connectivity index (χ2v) is 7.17. The highest BCUT2D eigenvalue weighted by atomic mass is 16.1. The Morgan fingerprint density at radius 1 is 1.24 bits per heavy atom. The van der Waals surface area contributed by atoms with Crippen molar-refractivity contribution in [3.05, 3.63) is 11.8 Å². The van der Waals surface area contributed by atoms with Gasteiger partial charge in [-0.1, -0.05) is 39.5 Å². The zero-order valence-electron chi connectivity index (χ0n) is 13.2. The minimum Gasteiger partial charge on any atom is -0.309 e. The van der Waals surface area contributed by atoms with Gasteiger partial charge >= 0.3 is 0 Å². The molecule has 3 unspecified atom stereocenters. The third-order valence-corrected chi connectivity index (χ3v) is 5.38. The van der Waals surface area contributed by atoms with Crippen LogP contribution < -0.4 is 5.32 Å². The first-order valence-electron chi connectivity index (χ1n) is 8.49. The molecule has 116 valence electrons. The van der Waals surface area contributed by atoms with Gasteiger partial charge in [0.05, 0.1) is 0 Å². The highest BCUT2D eigenvalue weighted by Gasteiger charge is 2.35. The third-order valence-electron chi connectivity index (χ3n) is 5.38. The van der Waals surface area contributed by atoms with E-state index in [0.29, 0.717) is 11.7 Å². The summed E-state index contributed by atoms with van der Waals surface area (Å²) in [6, 6.07) is 1.95. The van der Waals surface area contributed by atoms with E-state index in [-0.39, 0.29) is 11.8 Å². The van der Waals surface area contributed by atoms with Crippen molar-refractivity contribution in [1.29, 1.82) is 0 Å². The summed E-state index contributed by atoms with van der Waals surface area (Å²) in [6.07, 6.45) is 8.83. The Bertz CT molecular complexity index is 494. The lowest BCUT2D eigenvalue weighted by atomic mass is 9.67. The molecule has 3 atom stereocenters. The first-order chi connectivity index (χ1) is 10.1. The summed E-state index contributed by atoms with van der Waals surface area (Å²) in [7, 11) is 0. The molecule has 2 fully saturated rings. The maximum atomic E-state index is 12.5. The molecule has 0 aromatic carbocycles. The van der Waals surface area contributed by atoms with Crippen molar-refractivity contribution in [1.82, 2.24) is 10.2 Å². The van der Waals surface area contributed by atoms with Crippen molar-refractivity contribution < 1.29 is 4.79 Å². The minimum atomic E-state index is 0.167. The molecule has 2 N–H and O–H groups in total. The second kappa shape index (κ2) is 6.20. The van der Waals surface area contributed by atoms with Gasteiger partial charge in [-0.2, -0.15) is 5.10 Å². The predicted octanol–water partition coefficient (Wildman–Crippen LogP) is 4.08. The van der Waals surface area contributed by atoms with Gasteiger partial charge in [0.25, 0.3) is 0 Å². The molecule has 0 aliphatic heterocycles. The summed E-state index contributed by atoms with van der Waals surface area (Å²) in [5, 5.41) is 10.2. The first kappa shape index (κ1) is 14.6. The number of aromatic amines is 1. The van der Waals surface area contributed by atoms with Gasteiger partial charge in [0.2, 0.25) is 5.91 Å². The number of hydrogen-bond donors (Lipinski definition) is 2. The van der Waals surface area contributed by atoms with Crippen LogP contribution in [-0.4, -0.2) is 16.1 Å².